The van der Waals surface area contributed by atoms with E-state index in [0.29, 0.717) is 10.6 Å². The standard InChI is InChI=1S/C11H13ClN2O4/c1-6(17-10(13)15)9(18-11(14)16)7-4-2-3-5-8(7)12/h2-6,9H,1H3,(H2,13,15)(H2,14,16)/t6-,9-/m1/s1. The van der Waals surface area contributed by atoms with Gasteiger partial charge in [0, 0.05) is 10.6 Å². The van der Waals surface area contributed by atoms with Crippen molar-refractivity contribution in [3.63, 3.8) is 0 Å². The monoisotopic (exact) mass is 272 g/mol. The molecule has 2 atom stereocenters. The summed E-state index contributed by atoms with van der Waals surface area (Å²) >= 11 is 5.98. The molecule has 6 nitrogen and oxygen atoms in total. The number of hydrogen-bond acceptors (Lipinski definition) is 4. The van der Waals surface area contributed by atoms with Crippen molar-refractivity contribution in [3.05, 3.63) is 34.9 Å². The fourth-order valence-electron chi connectivity index (χ4n) is 1.49. The third-order valence-corrected chi connectivity index (χ3v) is 2.53. The fraction of sp³-hybridized carbons (Fsp3) is 0.273. The maximum Gasteiger partial charge on any atom is 0.405 e. The second kappa shape index (κ2) is 6.11. The summed E-state index contributed by atoms with van der Waals surface area (Å²) in [6, 6.07) is 6.67. The zero-order valence-electron chi connectivity index (χ0n) is 9.63. The normalized spacial score (nSPS) is 13.4. The number of nitrogens with two attached hydrogens (primary N) is 2. The van der Waals surface area contributed by atoms with Crippen LogP contribution in [0.5, 0.6) is 0 Å². The van der Waals surface area contributed by atoms with Crippen LogP contribution in [0.2, 0.25) is 5.02 Å². The number of benzene rings is 1. The Morgan fingerprint density at radius 1 is 1.17 bits per heavy atom. The summed E-state index contributed by atoms with van der Waals surface area (Å²) < 4.78 is 9.67. The summed E-state index contributed by atoms with van der Waals surface area (Å²) in [6.07, 6.45) is -3.70. The first-order valence-electron chi connectivity index (χ1n) is 5.08. The SMILES string of the molecule is C[C@@H](OC(N)=O)[C@@H](OC(N)=O)c1ccccc1Cl. The Morgan fingerprint density at radius 3 is 2.22 bits per heavy atom. The number of carbonyl (C=O) groups excluding carboxylic acids is 2. The van der Waals surface area contributed by atoms with Crippen molar-refractivity contribution in [1.82, 2.24) is 0 Å². The van der Waals surface area contributed by atoms with Crippen molar-refractivity contribution < 1.29 is 19.1 Å². The molecule has 0 aliphatic carbocycles. The minimum atomic E-state index is -1.00. The highest BCUT2D eigenvalue weighted by molar-refractivity contribution is 6.31. The number of amides is 2. The van der Waals surface area contributed by atoms with Gasteiger partial charge in [-0.2, -0.15) is 0 Å². The lowest BCUT2D eigenvalue weighted by atomic mass is 10.1. The van der Waals surface area contributed by atoms with Crippen molar-refractivity contribution in [2.45, 2.75) is 19.1 Å². The number of hydrogen-bond donors (Lipinski definition) is 2. The molecular weight excluding hydrogens is 260 g/mol. The van der Waals surface area contributed by atoms with Gasteiger partial charge in [-0.05, 0) is 13.0 Å². The highest BCUT2D eigenvalue weighted by Crippen LogP contribution is 2.29. The minimum Gasteiger partial charge on any atom is -0.442 e. The number of ether oxygens (including phenoxy) is 2. The molecule has 18 heavy (non-hydrogen) atoms. The first kappa shape index (κ1) is 14.1. The lowest BCUT2D eigenvalue weighted by molar-refractivity contribution is 0.00419. The van der Waals surface area contributed by atoms with Crippen molar-refractivity contribution in [2.24, 2.45) is 11.5 Å². The van der Waals surface area contributed by atoms with E-state index in [1.54, 1.807) is 24.3 Å². The van der Waals surface area contributed by atoms with E-state index < -0.39 is 24.4 Å². The first-order valence-corrected chi connectivity index (χ1v) is 5.46. The topological polar surface area (TPSA) is 105 Å². The van der Waals surface area contributed by atoms with E-state index in [2.05, 4.69) is 0 Å². The second-order valence-electron chi connectivity index (χ2n) is 3.52. The van der Waals surface area contributed by atoms with Crippen LogP contribution in [0.25, 0.3) is 0 Å². The van der Waals surface area contributed by atoms with E-state index in [1.165, 1.54) is 6.92 Å². The molecule has 1 aromatic rings. The van der Waals surface area contributed by atoms with Gasteiger partial charge in [0.25, 0.3) is 0 Å². The summed E-state index contributed by atoms with van der Waals surface area (Å²) in [5.74, 6) is 0. The molecule has 0 fully saturated rings. The summed E-state index contributed by atoms with van der Waals surface area (Å²) in [5.41, 5.74) is 10.4. The van der Waals surface area contributed by atoms with Crippen LogP contribution in [0.1, 0.15) is 18.6 Å². The van der Waals surface area contributed by atoms with Crippen LogP contribution >= 0.6 is 11.6 Å². The quantitative estimate of drug-likeness (QED) is 0.874. The Hall–Kier alpha value is -1.95. The van der Waals surface area contributed by atoms with Crippen molar-refractivity contribution in [1.29, 1.82) is 0 Å². The van der Waals surface area contributed by atoms with Gasteiger partial charge >= 0.3 is 12.2 Å². The number of halogens is 1. The molecule has 0 saturated heterocycles. The van der Waals surface area contributed by atoms with E-state index in [-0.39, 0.29) is 0 Å². The summed E-state index contributed by atoms with van der Waals surface area (Å²) in [6.45, 7) is 1.52. The van der Waals surface area contributed by atoms with E-state index in [4.69, 9.17) is 32.5 Å². The van der Waals surface area contributed by atoms with Gasteiger partial charge in [0.05, 0.1) is 0 Å². The molecule has 7 heteroatoms. The summed E-state index contributed by atoms with van der Waals surface area (Å²) in [5, 5.41) is 0.365. The van der Waals surface area contributed by atoms with Crippen LogP contribution in [0, 0.1) is 0 Å². The molecule has 2 amide bonds. The largest absolute Gasteiger partial charge is 0.442 e. The van der Waals surface area contributed by atoms with E-state index in [1.807, 2.05) is 0 Å². The molecule has 0 unspecified atom stereocenters. The molecule has 4 N–H and O–H groups in total. The van der Waals surface area contributed by atoms with Gasteiger partial charge in [0.1, 0.15) is 6.10 Å². The Labute approximate surface area is 109 Å². The molecule has 0 aliphatic rings. The number of primary amides is 2. The van der Waals surface area contributed by atoms with E-state index in [0.717, 1.165) is 0 Å². The Balaban J connectivity index is 3.01. The molecule has 0 aromatic heterocycles. The first-order chi connectivity index (χ1) is 8.41. The average Bonchev–Trinajstić information content (AvgIpc) is 2.25. The smallest absolute Gasteiger partial charge is 0.405 e. The van der Waals surface area contributed by atoms with Crippen LogP contribution in [0.4, 0.5) is 9.59 Å². The molecule has 1 rings (SSSR count). The minimum absolute atomic E-state index is 0.365. The molecule has 0 spiro atoms. The van der Waals surface area contributed by atoms with E-state index >= 15 is 0 Å². The molecule has 0 aliphatic heterocycles. The molecule has 1 aromatic carbocycles. The van der Waals surface area contributed by atoms with Crippen molar-refractivity contribution in [2.75, 3.05) is 0 Å². The predicted octanol–water partition coefficient (Wildman–Crippen LogP) is 1.96. The molecule has 0 bridgehead atoms. The molecular formula is C11H13ClN2O4. The molecule has 98 valence electrons. The third kappa shape index (κ3) is 3.81. The van der Waals surface area contributed by atoms with Crippen LogP contribution in [-0.4, -0.2) is 18.3 Å². The zero-order chi connectivity index (χ0) is 13.7. The van der Waals surface area contributed by atoms with Gasteiger partial charge in [0.15, 0.2) is 6.10 Å². The van der Waals surface area contributed by atoms with Crippen molar-refractivity contribution in [3.8, 4) is 0 Å². The maximum absolute atomic E-state index is 10.9. The predicted molar refractivity (Wildman–Crippen MR) is 65.0 cm³/mol. The van der Waals surface area contributed by atoms with E-state index in [9.17, 15) is 9.59 Å². The lowest BCUT2D eigenvalue weighted by Gasteiger charge is -2.23. The maximum atomic E-state index is 10.9. The molecule has 0 saturated carbocycles. The summed E-state index contributed by atoms with van der Waals surface area (Å²) in [7, 11) is 0. The fourth-order valence-corrected chi connectivity index (χ4v) is 1.73. The molecule has 0 radical (unpaired) electrons. The highest BCUT2D eigenvalue weighted by atomic mass is 35.5. The molecule has 0 heterocycles. The number of carbonyl (C=O) groups is 2. The second-order valence-corrected chi connectivity index (χ2v) is 3.93. The van der Waals surface area contributed by atoms with Gasteiger partial charge in [0.2, 0.25) is 0 Å². The van der Waals surface area contributed by atoms with Crippen LogP contribution in [0.3, 0.4) is 0 Å². The van der Waals surface area contributed by atoms with Gasteiger partial charge in [-0.1, -0.05) is 29.8 Å². The van der Waals surface area contributed by atoms with Gasteiger partial charge in [-0.25, -0.2) is 9.59 Å². The van der Waals surface area contributed by atoms with Gasteiger partial charge < -0.3 is 20.9 Å². The average molecular weight is 273 g/mol. The Bertz CT molecular complexity index is 452. The Kier molecular flexibility index (Phi) is 4.79. The zero-order valence-corrected chi connectivity index (χ0v) is 10.4. The lowest BCUT2D eigenvalue weighted by Crippen LogP contribution is -2.30. The van der Waals surface area contributed by atoms with Crippen molar-refractivity contribution >= 4 is 23.8 Å². The third-order valence-electron chi connectivity index (χ3n) is 2.18. The van der Waals surface area contributed by atoms with Gasteiger partial charge in [-0.3, -0.25) is 0 Å². The van der Waals surface area contributed by atoms with Gasteiger partial charge in [-0.15, -0.1) is 0 Å². The summed E-state index contributed by atoms with van der Waals surface area (Å²) in [4.78, 5) is 21.6. The van der Waals surface area contributed by atoms with Crippen LogP contribution in [-0.2, 0) is 9.47 Å². The van der Waals surface area contributed by atoms with Crippen LogP contribution < -0.4 is 11.5 Å². The number of rotatable bonds is 4. The highest BCUT2D eigenvalue weighted by Gasteiger charge is 2.27. The van der Waals surface area contributed by atoms with Crippen LogP contribution in [0.15, 0.2) is 24.3 Å². The Morgan fingerprint density at radius 2 is 1.72 bits per heavy atom.